The first kappa shape index (κ1) is 15.5. The zero-order valence-corrected chi connectivity index (χ0v) is 13.2. The van der Waals surface area contributed by atoms with Crippen LogP contribution in [-0.4, -0.2) is 19.3 Å². The Labute approximate surface area is 123 Å². The Kier molecular flexibility index (Phi) is 6.06. The van der Waals surface area contributed by atoms with Gasteiger partial charge in [-0.2, -0.15) is 0 Å². The summed E-state index contributed by atoms with van der Waals surface area (Å²) in [4.78, 5) is 0. The summed E-state index contributed by atoms with van der Waals surface area (Å²) in [5, 5.41) is 3.61. The molecule has 0 saturated carbocycles. The van der Waals surface area contributed by atoms with Gasteiger partial charge in [0, 0.05) is 6.61 Å². The number of aryl methyl sites for hydroxylation is 1. The van der Waals surface area contributed by atoms with Gasteiger partial charge in [-0.1, -0.05) is 51.5 Å². The third-order valence-corrected chi connectivity index (χ3v) is 4.35. The second-order valence-corrected chi connectivity index (χ2v) is 5.98. The predicted molar refractivity (Wildman–Crippen MR) is 85.0 cm³/mol. The van der Waals surface area contributed by atoms with E-state index in [1.165, 1.54) is 36.8 Å². The number of likely N-dealkylation sites (N-methyl/N-ethyl adjacent to an activating group) is 1. The van der Waals surface area contributed by atoms with Crippen LogP contribution in [0.3, 0.4) is 0 Å². The minimum absolute atomic E-state index is 0.316. The number of benzene rings is 1. The van der Waals surface area contributed by atoms with Gasteiger partial charge in [-0.3, -0.25) is 0 Å². The SMILES string of the molecule is CCCCc1ccc(C(NCC)C2OCCC2C)cc1. The molecule has 112 valence electrons. The highest BCUT2D eigenvalue weighted by Gasteiger charge is 2.32. The van der Waals surface area contributed by atoms with Crippen molar-refractivity contribution in [3.63, 3.8) is 0 Å². The van der Waals surface area contributed by atoms with Crippen LogP contribution in [0, 0.1) is 5.92 Å². The van der Waals surface area contributed by atoms with Gasteiger partial charge < -0.3 is 10.1 Å². The van der Waals surface area contributed by atoms with Crippen LogP contribution in [0.25, 0.3) is 0 Å². The summed E-state index contributed by atoms with van der Waals surface area (Å²) in [6.45, 7) is 8.60. The first-order valence-electron chi connectivity index (χ1n) is 8.20. The maximum atomic E-state index is 5.97. The van der Waals surface area contributed by atoms with Gasteiger partial charge in [0.25, 0.3) is 0 Å². The van der Waals surface area contributed by atoms with Crippen molar-refractivity contribution >= 4 is 0 Å². The molecular weight excluding hydrogens is 246 g/mol. The van der Waals surface area contributed by atoms with Crippen LogP contribution in [-0.2, 0) is 11.2 Å². The monoisotopic (exact) mass is 275 g/mol. The molecule has 2 rings (SSSR count). The first-order chi connectivity index (χ1) is 9.76. The average Bonchev–Trinajstić information content (AvgIpc) is 2.89. The van der Waals surface area contributed by atoms with Gasteiger partial charge in [-0.05, 0) is 42.9 Å². The lowest BCUT2D eigenvalue weighted by Gasteiger charge is -2.27. The standard InChI is InChI=1S/C18H29NO/c1-4-6-7-15-8-10-16(11-9-15)17(19-5-2)18-14(3)12-13-20-18/h8-11,14,17-19H,4-7,12-13H2,1-3H3. The second kappa shape index (κ2) is 7.80. The normalized spacial score (nSPS) is 23.9. The van der Waals surface area contributed by atoms with E-state index in [4.69, 9.17) is 4.74 Å². The zero-order valence-electron chi connectivity index (χ0n) is 13.2. The van der Waals surface area contributed by atoms with Gasteiger partial charge in [-0.15, -0.1) is 0 Å². The molecule has 0 aliphatic carbocycles. The molecule has 1 heterocycles. The van der Waals surface area contributed by atoms with E-state index in [2.05, 4.69) is 50.4 Å². The lowest BCUT2D eigenvalue weighted by atomic mass is 9.91. The topological polar surface area (TPSA) is 21.3 Å². The molecule has 3 unspecified atom stereocenters. The van der Waals surface area contributed by atoms with Crippen molar-refractivity contribution in [2.24, 2.45) is 5.92 Å². The number of nitrogens with one attached hydrogen (secondary N) is 1. The molecule has 2 nitrogen and oxygen atoms in total. The Morgan fingerprint density at radius 3 is 2.55 bits per heavy atom. The molecule has 1 saturated heterocycles. The van der Waals surface area contributed by atoms with Gasteiger partial charge in [0.05, 0.1) is 12.1 Å². The van der Waals surface area contributed by atoms with E-state index in [1.807, 2.05) is 0 Å². The predicted octanol–water partition coefficient (Wildman–Crippen LogP) is 4.10. The van der Waals surface area contributed by atoms with Crippen LogP contribution in [0.15, 0.2) is 24.3 Å². The van der Waals surface area contributed by atoms with Crippen molar-refractivity contribution in [2.45, 2.75) is 58.6 Å². The molecule has 1 aliphatic rings. The first-order valence-corrected chi connectivity index (χ1v) is 8.20. The number of hydrogen-bond donors (Lipinski definition) is 1. The number of hydrogen-bond acceptors (Lipinski definition) is 2. The molecule has 1 aliphatic heterocycles. The van der Waals surface area contributed by atoms with Crippen molar-refractivity contribution in [1.29, 1.82) is 0 Å². The van der Waals surface area contributed by atoms with Gasteiger partial charge in [0.2, 0.25) is 0 Å². The molecule has 0 spiro atoms. The Morgan fingerprint density at radius 1 is 1.25 bits per heavy atom. The van der Waals surface area contributed by atoms with E-state index in [0.29, 0.717) is 18.1 Å². The molecular formula is C18H29NO. The van der Waals surface area contributed by atoms with Crippen LogP contribution in [0.5, 0.6) is 0 Å². The zero-order chi connectivity index (χ0) is 14.4. The fraction of sp³-hybridized carbons (Fsp3) is 0.667. The molecule has 0 aromatic heterocycles. The van der Waals surface area contributed by atoms with E-state index < -0.39 is 0 Å². The summed E-state index contributed by atoms with van der Waals surface area (Å²) < 4.78 is 5.97. The van der Waals surface area contributed by atoms with E-state index in [-0.39, 0.29) is 0 Å². The maximum Gasteiger partial charge on any atom is 0.0795 e. The van der Waals surface area contributed by atoms with Crippen molar-refractivity contribution in [3.05, 3.63) is 35.4 Å². The highest BCUT2D eigenvalue weighted by Crippen LogP contribution is 2.31. The van der Waals surface area contributed by atoms with Gasteiger partial charge in [0.15, 0.2) is 0 Å². The quantitative estimate of drug-likeness (QED) is 0.808. The fourth-order valence-corrected chi connectivity index (χ4v) is 3.06. The summed E-state index contributed by atoms with van der Waals surface area (Å²) in [6.07, 6.45) is 5.23. The van der Waals surface area contributed by atoms with Gasteiger partial charge in [0.1, 0.15) is 0 Å². The molecule has 20 heavy (non-hydrogen) atoms. The van der Waals surface area contributed by atoms with Crippen LogP contribution in [0.2, 0.25) is 0 Å². The molecule has 0 amide bonds. The number of ether oxygens (including phenoxy) is 1. The highest BCUT2D eigenvalue weighted by atomic mass is 16.5. The number of rotatable bonds is 7. The maximum absolute atomic E-state index is 5.97. The van der Waals surface area contributed by atoms with Crippen molar-refractivity contribution in [1.82, 2.24) is 5.32 Å². The molecule has 1 fully saturated rings. The summed E-state index contributed by atoms with van der Waals surface area (Å²) >= 11 is 0. The van der Waals surface area contributed by atoms with Crippen LogP contribution in [0.1, 0.15) is 57.2 Å². The minimum Gasteiger partial charge on any atom is -0.376 e. The van der Waals surface area contributed by atoms with Gasteiger partial charge >= 0.3 is 0 Å². The van der Waals surface area contributed by atoms with E-state index in [9.17, 15) is 0 Å². The largest absolute Gasteiger partial charge is 0.376 e. The molecule has 1 aromatic carbocycles. The molecule has 2 heteroatoms. The lowest BCUT2D eigenvalue weighted by molar-refractivity contribution is 0.0612. The minimum atomic E-state index is 0.316. The van der Waals surface area contributed by atoms with Crippen LogP contribution in [0.4, 0.5) is 0 Å². The summed E-state index contributed by atoms with van der Waals surface area (Å²) in [5.41, 5.74) is 2.82. The molecule has 0 radical (unpaired) electrons. The Bertz CT molecular complexity index is 387. The van der Waals surface area contributed by atoms with Crippen LogP contribution >= 0.6 is 0 Å². The Morgan fingerprint density at radius 2 is 2.00 bits per heavy atom. The van der Waals surface area contributed by atoms with Gasteiger partial charge in [-0.25, -0.2) is 0 Å². The van der Waals surface area contributed by atoms with Crippen LogP contribution < -0.4 is 5.32 Å². The molecule has 1 N–H and O–H groups in total. The van der Waals surface area contributed by atoms with E-state index in [1.54, 1.807) is 0 Å². The molecule has 3 atom stereocenters. The highest BCUT2D eigenvalue weighted by molar-refractivity contribution is 5.26. The van der Waals surface area contributed by atoms with E-state index >= 15 is 0 Å². The van der Waals surface area contributed by atoms with Crippen molar-refractivity contribution in [2.75, 3.05) is 13.2 Å². The Hall–Kier alpha value is -0.860. The third-order valence-electron chi connectivity index (χ3n) is 4.35. The van der Waals surface area contributed by atoms with E-state index in [0.717, 1.165) is 13.2 Å². The van der Waals surface area contributed by atoms with Crippen molar-refractivity contribution in [3.8, 4) is 0 Å². The fourth-order valence-electron chi connectivity index (χ4n) is 3.06. The summed E-state index contributed by atoms with van der Waals surface area (Å²) in [5.74, 6) is 0.638. The third kappa shape index (κ3) is 3.83. The Balaban J connectivity index is 2.08. The lowest BCUT2D eigenvalue weighted by Crippen LogP contribution is -2.34. The molecule has 0 bridgehead atoms. The summed E-state index contributed by atoms with van der Waals surface area (Å²) in [7, 11) is 0. The summed E-state index contributed by atoms with van der Waals surface area (Å²) in [6, 6.07) is 9.47. The smallest absolute Gasteiger partial charge is 0.0795 e. The molecule has 1 aromatic rings. The number of unbranched alkanes of at least 4 members (excludes halogenated alkanes) is 1. The average molecular weight is 275 g/mol. The van der Waals surface area contributed by atoms with Crippen molar-refractivity contribution < 1.29 is 4.74 Å². The second-order valence-electron chi connectivity index (χ2n) is 5.98.